The summed E-state index contributed by atoms with van der Waals surface area (Å²) in [5.41, 5.74) is 8.07. The SMILES string of the molecule is CC1(C)COB(c2ccccc2CCN)OC1. The quantitative estimate of drug-likeness (QED) is 0.790. The lowest BCUT2D eigenvalue weighted by Gasteiger charge is -2.33. The molecule has 92 valence electrons. The molecule has 0 radical (unpaired) electrons. The molecule has 17 heavy (non-hydrogen) atoms. The molecule has 0 saturated carbocycles. The molecule has 1 aliphatic rings. The summed E-state index contributed by atoms with van der Waals surface area (Å²) in [5, 5.41) is 0. The molecule has 0 atom stereocenters. The van der Waals surface area contributed by atoms with Crippen molar-refractivity contribution in [2.45, 2.75) is 20.3 Å². The van der Waals surface area contributed by atoms with Gasteiger partial charge in [-0.2, -0.15) is 0 Å². The van der Waals surface area contributed by atoms with Crippen LogP contribution in [0.4, 0.5) is 0 Å². The van der Waals surface area contributed by atoms with Gasteiger partial charge in [0.25, 0.3) is 0 Å². The van der Waals surface area contributed by atoms with E-state index in [0.717, 1.165) is 25.1 Å². The first-order valence-electron chi connectivity index (χ1n) is 6.13. The van der Waals surface area contributed by atoms with Crippen LogP contribution in [0.2, 0.25) is 0 Å². The molecule has 1 heterocycles. The first-order chi connectivity index (χ1) is 8.12. The van der Waals surface area contributed by atoms with Gasteiger partial charge in [0.1, 0.15) is 0 Å². The van der Waals surface area contributed by atoms with Crippen molar-refractivity contribution in [2.24, 2.45) is 11.1 Å². The van der Waals surface area contributed by atoms with Crippen molar-refractivity contribution in [3.63, 3.8) is 0 Å². The Bertz CT molecular complexity index is 371. The molecule has 0 spiro atoms. The average Bonchev–Trinajstić information content (AvgIpc) is 2.31. The summed E-state index contributed by atoms with van der Waals surface area (Å²) in [5.74, 6) is 0. The summed E-state index contributed by atoms with van der Waals surface area (Å²) in [7, 11) is -0.231. The van der Waals surface area contributed by atoms with Crippen molar-refractivity contribution in [2.75, 3.05) is 19.8 Å². The third kappa shape index (κ3) is 3.09. The Labute approximate surface area is 103 Å². The predicted octanol–water partition coefficient (Wildman–Crippen LogP) is 0.956. The zero-order valence-corrected chi connectivity index (χ0v) is 10.6. The predicted molar refractivity (Wildman–Crippen MR) is 70.3 cm³/mol. The Morgan fingerprint density at radius 2 is 1.88 bits per heavy atom. The highest BCUT2D eigenvalue weighted by Crippen LogP contribution is 2.21. The molecule has 1 fully saturated rings. The summed E-state index contributed by atoms with van der Waals surface area (Å²) < 4.78 is 11.6. The Hall–Kier alpha value is -0.835. The molecular weight excluding hydrogens is 213 g/mol. The Kier molecular flexibility index (Phi) is 3.87. The zero-order valence-electron chi connectivity index (χ0n) is 10.6. The maximum atomic E-state index is 5.80. The molecule has 1 aromatic rings. The minimum Gasteiger partial charge on any atom is -0.407 e. The second kappa shape index (κ2) is 5.21. The molecule has 2 N–H and O–H groups in total. The van der Waals surface area contributed by atoms with E-state index in [-0.39, 0.29) is 12.5 Å². The Morgan fingerprint density at radius 1 is 1.24 bits per heavy atom. The minimum absolute atomic E-state index is 0.110. The molecule has 1 aliphatic heterocycles. The lowest BCUT2D eigenvalue weighted by atomic mass is 9.73. The third-order valence-corrected chi connectivity index (χ3v) is 2.97. The number of rotatable bonds is 3. The molecule has 1 saturated heterocycles. The van der Waals surface area contributed by atoms with Gasteiger partial charge in [0, 0.05) is 18.6 Å². The molecule has 0 bridgehead atoms. The molecule has 1 aromatic carbocycles. The molecule has 0 aromatic heterocycles. The lowest BCUT2D eigenvalue weighted by Crippen LogP contribution is -2.48. The Morgan fingerprint density at radius 3 is 2.53 bits per heavy atom. The molecule has 4 heteroatoms. The summed E-state index contributed by atoms with van der Waals surface area (Å²) in [4.78, 5) is 0. The summed E-state index contributed by atoms with van der Waals surface area (Å²) in [6.45, 7) is 6.41. The molecule has 2 rings (SSSR count). The van der Waals surface area contributed by atoms with Crippen LogP contribution in [0.15, 0.2) is 24.3 Å². The first-order valence-corrected chi connectivity index (χ1v) is 6.13. The van der Waals surface area contributed by atoms with E-state index < -0.39 is 0 Å². The first kappa shape index (κ1) is 12.6. The highest BCUT2D eigenvalue weighted by atomic mass is 16.6. The summed E-state index contributed by atoms with van der Waals surface area (Å²) in [6, 6.07) is 8.20. The van der Waals surface area contributed by atoms with Crippen LogP contribution in [0.25, 0.3) is 0 Å². The van der Waals surface area contributed by atoms with Crippen LogP contribution in [-0.4, -0.2) is 26.9 Å². The molecule has 0 amide bonds. The maximum Gasteiger partial charge on any atom is 0.494 e. The van der Waals surface area contributed by atoms with Crippen LogP contribution >= 0.6 is 0 Å². The lowest BCUT2D eigenvalue weighted by molar-refractivity contribution is 0.0342. The topological polar surface area (TPSA) is 44.5 Å². The van der Waals surface area contributed by atoms with Gasteiger partial charge in [-0.15, -0.1) is 0 Å². The van der Waals surface area contributed by atoms with Crippen molar-refractivity contribution in [1.82, 2.24) is 0 Å². The van der Waals surface area contributed by atoms with Crippen LogP contribution in [0.1, 0.15) is 19.4 Å². The number of nitrogens with two attached hydrogens (primary N) is 1. The van der Waals surface area contributed by atoms with E-state index in [1.54, 1.807) is 0 Å². The molecular formula is C13H20BNO2. The maximum absolute atomic E-state index is 5.80. The van der Waals surface area contributed by atoms with Gasteiger partial charge in [-0.05, 0) is 24.0 Å². The normalized spacial score (nSPS) is 19.4. The highest BCUT2D eigenvalue weighted by molar-refractivity contribution is 6.62. The van der Waals surface area contributed by atoms with Crippen LogP contribution < -0.4 is 11.2 Å². The number of hydrogen-bond donors (Lipinski definition) is 1. The second-order valence-electron chi connectivity index (χ2n) is 5.36. The fourth-order valence-electron chi connectivity index (χ4n) is 2.02. The van der Waals surface area contributed by atoms with Gasteiger partial charge in [0.2, 0.25) is 0 Å². The monoisotopic (exact) mass is 233 g/mol. The largest absolute Gasteiger partial charge is 0.494 e. The fourth-order valence-corrected chi connectivity index (χ4v) is 2.02. The number of benzene rings is 1. The fraction of sp³-hybridized carbons (Fsp3) is 0.538. The molecule has 0 aliphatic carbocycles. The smallest absolute Gasteiger partial charge is 0.407 e. The minimum atomic E-state index is -0.231. The second-order valence-corrected chi connectivity index (χ2v) is 5.36. The zero-order chi connectivity index (χ0) is 12.3. The van der Waals surface area contributed by atoms with E-state index in [1.165, 1.54) is 5.56 Å². The number of hydrogen-bond acceptors (Lipinski definition) is 3. The van der Waals surface area contributed by atoms with Gasteiger partial charge in [-0.1, -0.05) is 38.1 Å². The van der Waals surface area contributed by atoms with Crippen LogP contribution in [-0.2, 0) is 15.7 Å². The van der Waals surface area contributed by atoms with E-state index >= 15 is 0 Å². The van der Waals surface area contributed by atoms with Gasteiger partial charge in [-0.3, -0.25) is 0 Å². The van der Waals surface area contributed by atoms with Gasteiger partial charge in [-0.25, -0.2) is 0 Å². The van der Waals surface area contributed by atoms with Crippen molar-refractivity contribution < 1.29 is 9.31 Å². The van der Waals surface area contributed by atoms with Gasteiger partial charge >= 0.3 is 7.12 Å². The summed E-state index contributed by atoms with van der Waals surface area (Å²) >= 11 is 0. The molecule has 3 nitrogen and oxygen atoms in total. The van der Waals surface area contributed by atoms with Crippen LogP contribution in [0, 0.1) is 5.41 Å². The van der Waals surface area contributed by atoms with E-state index in [2.05, 4.69) is 26.0 Å². The highest BCUT2D eigenvalue weighted by Gasteiger charge is 2.34. The standard InChI is InChI=1S/C13H20BNO2/c1-13(2)9-16-14(17-10-13)12-6-4-3-5-11(12)7-8-15/h3-6H,7-10,15H2,1-2H3. The van der Waals surface area contributed by atoms with Crippen molar-refractivity contribution >= 4 is 12.6 Å². The van der Waals surface area contributed by atoms with Gasteiger partial charge in [0.15, 0.2) is 0 Å². The van der Waals surface area contributed by atoms with E-state index in [0.29, 0.717) is 6.54 Å². The van der Waals surface area contributed by atoms with Crippen molar-refractivity contribution in [1.29, 1.82) is 0 Å². The van der Waals surface area contributed by atoms with E-state index in [1.807, 2.05) is 12.1 Å². The van der Waals surface area contributed by atoms with E-state index in [4.69, 9.17) is 15.0 Å². The average molecular weight is 233 g/mol. The van der Waals surface area contributed by atoms with Crippen molar-refractivity contribution in [3.8, 4) is 0 Å². The van der Waals surface area contributed by atoms with Crippen LogP contribution in [0.3, 0.4) is 0 Å². The summed E-state index contributed by atoms with van der Waals surface area (Å²) in [6.07, 6.45) is 0.864. The third-order valence-electron chi connectivity index (χ3n) is 2.97. The molecule has 0 unspecified atom stereocenters. The van der Waals surface area contributed by atoms with Gasteiger partial charge in [0.05, 0.1) is 0 Å². The van der Waals surface area contributed by atoms with Crippen molar-refractivity contribution in [3.05, 3.63) is 29.8 Å². The van der Waals surface area contributed by atoms with Gasteiger partial charge < -0.3 is 15.0 Å². The Balaban J connectivity index is 2.12. The van der Waals surface area contributed by atoms with E-state index in [9.17, 15) is 0 Å². The van der Waals surface area contributed by atoms with Crippen LogP contribution in [0.5, 0.6) is 0 Å².